The molecule has 2 aromatic carbocycles. The molecule has 0 aliphatic carbocycles. The molecule has 0 bridgehead atoms. The van der Waals surface area contributed by atoms with Crippen molar-refractivity contribution < 1.29 is 47.6 Å². The maximum absolute atomic E-state index is 13.6. The molecule has 0 amide bonds. The van der Waals surface area contributed by atoms with Gasteiger partial charge in [0.2, 0.25) is 0 Å². The molecule has 39 heavy (non-hydrogen) atoms. The van der Waals surface area contributed by atoms with Crippen LogP contribution in [0.15, 0.2) is 40.9 Å². The van der Waals surface area contributed by atoms with Crippen molar-refractivity contribution in [1.29, 1.82) is 0 Å². The first-order valence-corrected chi connectivity index (χ1v) is 13.2. The smallest absolute Gasteiger partial charge is 0.303 e. The lowest BCUT2D eigenvalue weighted by atomic mass is 9.85. The molecule has 0 saturated carbocycles. The molecular formula is C28H29BrO10. The van der Waals surface area contributed by atoms with E-state index in [1.54, 1.807) is 43.3 Å². The van der Waals surface area contributed by atoms with E-state index in [9.17, 15) is 19.2 Å². The third kappa shape index (κ3) is 6.59. The van der Waals surface area contributed by atoms with Crippen molar-refractivity contribution in [1.82, 2.24) is 0 Å². The van der Waals surface area contributed by atoms with Crippen molar-refractivity contribution in [3.8, 4) is 11.5 Å². The van der Waals surface area contributed by atoms with Crippen molar-refractivity contribution in [3.63, 3.8) is 0 Å². The van der Waals surface area contributed by atoms with Gasteiger partial charge in [0.05, 0.1) is 6.10 Å². The summed E-state index contributed by atoms with van der Waals surface area (Å²) < 4.78 is 34.4. The summed E-state index contributed by atoms with van der Waals surface area (Å²) in [7, 11) is 0. The molecule has 0 aromatic heterocycles. The third-order valence-electron chi connectivity index (χ3n) is 6.47. The first kappa shape index (κ1) is 28.6. The predicted molar refractivity (Wildman–Crippen MR) is 140 cm³/mol. The fraction of sp³-hybridized carbons (Fsp3) is 0.429. The minimum atomic E-state index is -1.02. The molecule has 1 fully saturated rings. The Labute approximate surface area is 234 Å². The summed E-state index contributed by atoms with van der Waals surface area (Å²) in [5.74, 6) is -1.39. The quantitative estimate of drug-likeness (QED) is 0.260. The number of benzene rings is 2. The van der Waals surface area contributed by atoms with Crippen molar-refractivity contribution in [2.45, 2.75) is 52.1 Å². The number of ketones is 1. The molecule has 0 N–H and O–H groups in total. The Balaban J connectivity index is 1.72. The van der Waals surface area contributed by atoms with Gasteiger partial charge < -0.3 is 28.4 Å². The predicted octanol–water partition coefficient (Wildman–Crippen LogP) is 3.95. The van der Waals surface area contributed by atoms with Crippen LogP contribution in [-0.2, 0) is 33.3 Å². The van der Waals surface area contributed by atoms with Crippen LogP contribution < -0.4 is 9.47 Å². The van der Waals surface area contributed by atoms with E-state index in [2.05, 4.69) is 15.9 Å². The summed E-state index contributed by atoms with van der Waals surface area (Å²) in [6.07, 6.45) is -3.54. The monoisotopic (exact) mass is 604 g/mol. The average Bonchev–Trinajstić information content (AvgIpc) is 2.89. The summed E-state index contributed by atoms with van der Waals surface area (Å²) in [5.41, 5.74) is 1.22. The summed E-state index contributed by atoms with van der Waals surface area (Å²) >= 11 is 3.46. The molecule has 4 rings (SSSR count). The van der Waals surface area contributed by atoms with Gasteiger partial charge in [0.15, 0.2) is 23.4 Å². The fourth-order valence-corrected chi connectivity index (χ4v) is 5.08. The van der Waals surface area contributed by atoms with Crippen LogP contribution in [0.3, 0.4) is 0 Å². The Kier molecular flexibility index (Phi) is 8.91. The molecule has 0 spiro atoms. The van der Waals surface area contributed by atoms with Gasteiger partial charge in [0, 0.05) is 42.3 Å². The van der Waals surface area contributed by atoms with Crippen LogP contribution in [0.1, 0.15) is 55.3 Å². The molecule has 2 heterocycles. The number of hydrogen-bond donors (Lipinski definition) is 0. The van der Waals surface area contributed by atoms with Crippen molar-refractivity contribution in [2.24, 2.45) is 5.92 Å². The normalized spacial score (nSPS) is 23.9. The molecule has 2 aromatic rings. The Hall–Kier alpha value is -3.44. The first-order valence-electron chi connectivity index (χ1n) is 12.4. The second-order valence-electron chi connectivity index (χ2n) is 9.33. The van der Waals surface area contributed by atoms with Crippen molar-refractivity contribution in [2.75, 3.05) is 19.8 Å². The number of carbonyl (C=O) groups is 4. The molecule has 11 heteroatoms. The second kappa shape index (κ2) is 12.2. The largest absolute Gasteiger partial charge is 0.486 e. The van der Waals surface area contributed by atoms with E-state index in [0.717, 1.165) is 0 Å². The van der Waals surface area contributed by atoms with Gasteiger partial charge in [-0.3, -0.25) is 19.2 Å². The van der Waals surface area contributed by atoms with Crippen LogP contribution in [0.5, 0.6) is 11.5 Å². The van der Waals surface area contributed by atoms with E-state index in [0.29, 0.717) is 45.9 Å². The molecule has 2 aliphatic heterocycles. The highest BCUT2D eigenvalue weighted by molar-refractivity contribution is 9.10. The van der Waals surface area contributed by atoms with Gasteiger partial charge in [-0.2, -0.15) is 0 Å². The van der Waals surface area contributed by atoms with Gasteiger partial charge in [0.1, 0.15) is 32.0 Å². The van der Waals surface area contributed by atoms with Crippen LogP contribution in [0, 0.1) is 5.92 Å². The lowest BCUT2D eigenvalue weighted by molar-refractivity contribution is -0.232. The molecule has 208 valence electrons. The van der Waals surface area contributed by atoms with Crippen LogP contribution in [0.4, 0.5) is 0 Å². The maximum Gasteiger partial charge on any atom is 0.303 e. The highest BCUT2D eigenvalue weighted by atomic mass is 79.9. The Bertz CT molecular complexity index is 1270. The second-order valence-corrected chi connectivity index (χ2v) is 10.2. The Morgan fingerprint density at radius 1 is 0.872 bits per heavy atom. The van der Waals surface area contributed by atoms with E-state index >= 15 is 0 Å². The van der Waals surface area contributed by atoms with Crippen LogP contribution in [-0.4, -0.2) is 61.8 Å². The van der Waals surface area contributed by atoms with Crippen LogP contribution >= 0.6 is 15.9 Å². The number of hydrogen-bond acceptors (Lipinski definition) is 10. The molecule has 0 radical (unpaired) electrons. The van der Waals surface area contributed by atoms with Crippen molar-refractivity contribution >= 4 is 39.6 Å². The molecule has 5 atom stereocenters. The van der Waals surface area contributed by atoms with Crippen LogP contribution in [0.25, 0.3) is 0 Å². The van der Waals surface area contributed by atoms with Crippen LogP contribution in [0.2, 0.25) is 0 Å². The topological polar surface area (TPSA) is 124 Å². The summed E-state index contributed by atoms with van der Waals surface area (Å²) in [6, 6.07) is 10.0. The number of carbonyl (C=O) groups excluding carboxylic acids is 4. The zero-order valence-electron chi connectivity index (χ0n) is 21.9. The van der Waals surface area contributed by atoms with Gasteiger partial charge in [-0.15, -0.1) is 0 Å². The van der Waals surface area contributed by atoms with E-state index < -0.39 is 48.2 Å². The van der Waals surface area contributed by atoms with Gasteiger partial charge >= 0.3 is 17.9 Å². The van der Waals surface area contributed by atoms with Gasteiger partial charge in [-0.1, -0.05) is 28.9 Å². The van der Waals surface area contributed by atoms with Gasteiger partial charge in [-0.05, 0) is 35.9 Å². The third-order valence-corrected chi connectivity index (χ3v) is 7.16. The lowest BCUT2D eigenvalue weighted by Gasteiger charge is -2.44. The lowest BCUT2D eigenvalue weighted by Crippen LogP contribution is -2.54. The number of ether oxygens (including phenoxy) is 6. The number of fused-ring (bicyclic) bond motifs is 1. The van der Waals surface area contributed by atoms with E-state index in [-0.39, 0.29) is 12.4 Å². The number of esters is 3. The minimum Gasteiger partial charge on any atom is -0.486 e. The highest BCUT2D eigenvalue weighted by Gasteiger charge is 2.48. The minimum absolute atomic E-state index is 0.100. The Morgan fingerprint density at radius 2 is 1.54 bits per heavy atom. The van der Waals surface area contributed by atoms with Crippen molar-refractivity contribution in [3.05, 3.63) is 57.6 Å². The van der Waals surface area contributed by atoms with E-state index in [4.69, 9.17) is 28.4 Å². The molecule has 2 aliphatic rings. The fourth-order valence-electron chi connectivity index (χ4n) is 4.65. The SMILES string of the molecule is CC(=O)OC[C@H]1O[C@@H](c2ccc(Br)c(C(=O)c3ccc4c(c3)OCCO4)c2)[C@H](OC(C)=O)[C@@H](OC(C)=O)C1C. The summed E-state index contributed by atoms with van der Waals surface area (Å²) in [4.78, 5) is 49.2. The standard InChI is InChI=1S/C28H29BrO10/c1-14-24(13-36-15(2)30)39-27(28(38-17(4)32)26(14)37-16(3)31)19-5-7-21(29)20(11-19)25(33)18-6-8-22-23(12-18)35-10-9-34-22/h5-8,11-12,14,24,26-28H,9-10,13H2,1-4H3/t14?,24-,26+,27+,28-/m1/s1. The summed E-state index contributed by atoms with van der Waals surface area (Å²) in [5, 5.41) is 0. The van der Waals surface area contributed by atoms with E-state index in [1.807, 2.05) is 0 Å². The molecule has 1 saturated heterocycles. The highest BCUT2D eigenvalue weighted by Crippen LogP contribution is 2.40. The zero-order chi connectivity index (χ0) is 28.3. The summed E-state index contributed by atoms with van der Waals surface area (Å²) in [6.45, 7) is 6.26. The molecule has 1 unspecified atom stereocenters. The zero-order valence-corrected chi connectivity index (χ0v) is 23.5. The number of halogens is 1. The first-order chi connectivity index (χ1) is 18.5. The van der Waals surface area contributed by atoms with E-state index in [1.165, 1.54) is 20.8 Å². The maximum atomic E-state index is 13.6. The Morgan fingerprint density at radius 3 is 2.21 bits per heavy atom. The number of rotatable bonds is 7. The molecular weight excluding hydrogens is 576 g/mol. The molecule has 10 nitrogen and oxygen atoms in total. The average molecular weight is 605 g/mol. The van der Waals surface area contributed by atoms with Gasteiger partial charge in [0.25, 0.3) is 0 Å². The van der Waals surface area contributed by atoms with Gasteiger partial charge in [-0.25, -0.2) is 0 Å².